The van der Waals surface area contributed by atoms with Crippen LogP contribution >= 0.6 is 11.8 Å². The van der Waals surface area contributed by atoms with Crippen LogP contribution in [-0.2, 0) is 4.74 Å². The van der Waals surface area contributed by atoms with E-state index in [-0.39, 0.29) is 0 Å². The monoisotopic (exact) mass is 310 g/mol. The van der Waals surface area contributed by atoms with Gasteiger partial charge in [0.05, 0.1) is 6.10 Å². The lowest BCUT2D eigenvalue weighted by Gasteiger charge is -2.33. The van der Waals surface area contributed by atoms with Crippen molar-refractivity contribution in [2.75, 3.05) is 42.7 Å². The van der Waals surface area contributed by atoms with Gasteiger partial charge in [-0.15, -0.1) is 0 Å². The minimum Gasteiger partial charge on any atom is -0.376 e. The third-order valence-electron chi connectivity index (χ3n) is 3.49. The standard InChI is InChI=1S/C15H26N4OS/c1-4-9-20-12-7-6-8-19(11-12)14-10-13(16-5-2)17-15(18-14)21-3/h10,12H,4-9,11H2,1-3H3,(H,16,17,18). The van der Waals surface area contributed by atoms with Crippen LogP contribution in [0.4, 0.5) is 11.6 Å². The molecular formula is C15H26N4OS. The minimum atomic E-state index is 0.328. The Morgan fingerprint density at radius 1 is 1.43 bits per heavy atom. The van der Waals surface area contributed by atoms with E-state index in [0.717, 1.165) is 62.3 Å². The molecule has 0 radical (unpaired) electrons. The van der Waals surface area contributed by atoms with Crippen molar-refractivity contribution in [3.63, 3.8) is 0 Å². The van der Waals surface area contributed by atoms with Gasteiger partial charge in [-0.25, -0.2) is 9.97 Å². The van der Waals surface area contributed by atoms with E-state index in [9.17, 15) is 0 Å². The Balaban J connectivity index is 2.10. The third kappa shape index (κ3) is 4.74. The lowest BCUT2D eigenvalue weighted by molar-refractivity contribution is 0.0439. The van der Waals surface area contributed by atoms with Crippen molar-refractivity contribution in [2.24, 2.45) is 0 Å². The van der Waals surface area contributed by atoms with Gasteiger partial charge in [-0.3, -0.25) is 0 Å². The van der Waals surface area contributed by atoms with Gasteiger partial charge in [0.1, 0.15) is 11.6 Å². The fourth-order valence-corrected chi connectivity index (χ4v) is 2.88. The molecule has 0 aliphatic carbocycles. The Hall–Kier alpha value is -1.01. The molecule has 0 spiro atoms. The number of aromatic nitrogens is 2. The third-order valence-corrected chi connectivity index (χ3v) is 4.04. The molecule has 0 bridgehead atoms. The SMILES string of the molecule is CCCOC1CCCN(c2cc(NCC)nc(SC)n2)C1. The van der Waals surface area contributed by atoms with Gasteiger partial charge in [0.15, 0.2) is 5.16 Å². The van der Waals surface area contributed by atoms with Gasteiger partial charge in [-0.2, -0.15) is 0 Å². The predicted octanol–water partition coefficient (Wildman–Crippen LogP) is 3.03. The van der Waals surface area contributed by atoms with Crippen molar-refractivity contribution in [3.8, 4) is 0 Å². The molecule has 1 aromatic heterocycles. The zero-order valence-electron chi connectivity index (χ0n) is 13.3. The largest absolute Gasteiger partial charge is 0.376 e. The lowest BCUT2D eigenvalue weighted by Crippen LogP contribution is -2.40. The molecule has 1 aromatic rings. The Morgan fingerprint density at radius 2 is 2.29 bits per heavy atom. The molecule has 118 valence electrons. The van der Waals surface area contributed by atoms with E-state index in [2.05, 4.69) is 34.0 Å². The molecule has 1 N–H and O–H groups in total. The number of nitrogens with one attached hydrogen (secondary N) is 1. The van der Waals surface area contributed by atoms with Crippen LogP contribution in [0.3, 0.4) is 0 Å². The predicted molar refractivity (Wildman–Crippen MR) is 89.5 cm³/mol. The molecule has 2 rings (SSSR count). The van der Waals surface area contributed by atoms with E-state index in [1.54, 1.807) is 11.8 Å². The van der Waals surface area contributed by atoms with Crippen molar-refractivity contribution >= 4 is 23.4 Å². The van der Waals surface area contributed by atoms with Crippen LogP contribution < -0.4 is 10.2 Å². The topological polar surface area (TPSA) is 50.3 Å². The first-order valence-corrected chi connectivity index (χ1v) is 9.02. The summed E-state index contributed by atoms with van der Waals surface area (Å²) in [7, 11) is 0. The van der Waals surface area contributed by atoms with Gasteiger partial charge < -0.3 is 15.0 Å². The van der Waals surface area contributed by atoms with E-state index >= 15 is 0 Å². The van der Waals surface area contributed by atoms with Gasteiger partial charge in [-0.05, 0) is 32.4 Å². The average Bonchev–Trinajstić information content (AvgIpc) is 2.53. The van der Waals surface area contributed by atoms with Crippen LogP contribution in [0, 0.1) is 0 Å². The molecule has 21 heavy (non-hydrogen) atoms. The molecule has 1 unspecified atom stereocenters. The molecule has 1 aliphatic rings. The Morgan fingerprint density at radius 3 is 3.00 bits per heavy atom. The van der Waals surface area contributed by atoms with Crippen LogP contribution in [0.1, 0.15) is 33.1 Å². The first-order chi connectivity index (χ1) is 10.3. The first-order valence-electron chi connectivity index (χ1n) is 7.80. The van der Waals surface area contributed by atoms with Gasteiger partial charge in [-0.1, -0.05) is 18.7 Å². The summed E-state index contributed by atoms with van der Waals surface area (Å²) in [6, 6.07) is 2.05. The van der Waals surface area contributed by atoms with Crippen LogP contribution in [-0.4, -0.2) is 48.6 Å². The van der Waals surface area contributed by atoms with Crippen LogP contribution in [0.25, 0.3) is 0 Å². The second kappa shape index (κ2) is 8.44. The number of hydrogen-bond donors (Lipinski definition) is 1. The molecule has 2 heterocycles. The van der Waals surface area contributed by atoms with Crippen molar-refractivity contribution in [3.05, 3.63) is 6.07 Å². The maximum atomic E-state index is 5.91. The minimum absolute atomic E-state index is 0.328. The summed E-state index contributed by atoms with van der Waals surface area (Å²) in [4.78, 5) is 11.5. The number of anilines is 2. The lowest BCUT2D eigenvalue weighted by atomic mass is 10.1. The molecule has 6 heteroatoms. The zero-order valence-corrected chi connectivity index (χ0v) is 14.1. The highest BCUT2D eigenvalue weighted by Crippen LogP contribution is 2.24. The van der Waals surface area contributed by atoms with Gasteiger partial charge in [0.25, 0.3) is 0 Å². The molecule has 0 amide bonds. The summed E-state index contributed by atoms with van der Waals surface area (Å²) >= 11 is 1.58. The molecule has 0 aromatic carbocycles. The zero-order chi connectivity index (χ0) is 15.1. The van der Waals surface area contributed by atoms with E-state index < -0.39 is 0 Å². The summed E-state index contributed by atoms with van der Waals surface area (Å²) in [6.07, 6.45) is 5.72. The van der Waals surface area contributed by atoms with E-state index in [4.69, 9.17) is 4.74 Å². The van der Waals surface area contributed by atoms with E-state index in [0.29, 0.717) is 6.10 Å². The number of thioether (sulfide) groups is 1. The van der Waals surface area contributed by atoms with Crippen molar-refractivity contribution < 1.29 is 4.74 Å². The average molecular weight is 310 g/mol. The maximum Gasteiger partial charge on any atom is 0.191 e. The Kier molecular flexibility index (Phi) is 6.57. The number of piperidine rings is 1. The summed E-state index contributed by atoms with van der Waals surface area (Å²) in [5.74, 6) is 1.92. The summed E-state index contributed by atoms with van der Waals surface area (Å²) in [5, 5.41) is 4.10. The Bertz CT molecular complexity index is 444. The van der Waals surface area contributed by atoms with Crippen LogP contribution in [0.2, 0.25) is 0 Å². The second-order valence-electron chi connectivity index (χ2n) is 5.21. The number of ether oxygens (including phenoxy) is 1. The molecular weight excluding hydrogens is 284 g/mol. The molecule has 1 fully saturated rings. The smallest absolute Gasteiger partial charge is 0.191 e. The van der Waals surface area contributed by atoms with Crippen LogP contribution in [0.15, 0.2) is 11.2 Å². The fraction of sp³-hybridized carbons (Fsp3) is 0.733. The normalized spacial score (nSPS) is 18.8. The molecule has 1 atom stereocenters. The first kappa shape index (κ1) is 16.4. The Labute approximate surface area is 131 Å². The molecule has 1 aliphatic heterocycles. The summed E-state index contributed by atoms with van der Waals surface area (Å²) < 4.78 is 5.91. The molecule has 1 saturated heterocycles. The molecule has 5 nitrogen and oxygen atoms in total. The van der Waals surface area contributed by atoms with Crippen molar-refractivity contribution in [1.29, 1.82) is 0 Å². The summed E-state index contributed by atoms with van der Waals surface area (Å²) in [5.41, 5.74) is 0. The van der Waals surface area contributed by atoms with E-state index in [1.165, 1.54) is 0 Å². The molecule has 0 saturated carbocycles. The highest BCUT2D eigenvalue weighted by atomic mass is 32.2. The highest BCUT2D eigenvalue weighted by molar-refractivity contribution is 7.98. The van der Waals surface area contributed by atoms with Gasteiger partial charge in [0.2, 0.25) is 0 Å². The number of rotatable bonds is 7. The maximum absolute atomic E-state index is 5.91. The number of hydrogen-bond acceptors (Lipinski definition) is 6. The highest BCUT2D eigenvalue weighted by Gasteiger charge is 2.22. The quantitative estimate of drug-likeness (QED) is 0.617. The second-order valence-corrected chi connectivity index (χ2v) is 5.98. The van der Waals surface area contributed by atoms with Crippen molar-refractivity contribution in [1.82, 2.24) is 9.97 Å². The van der Waals surface area contributed by atoms with Gasteiger partial charge in [0, 0.05) is 32.3 Å². The van der Waals surface area contributed by atoms with E-state index in [1.807, 2.05) is 12.3 Å². The fourth-order valence-electron chi connectivity index (χ4n) is 2.50. The number of nitrogens with zero attached hydrogens (tertiary/aromatic N) is 3. The van der Waals surface area contributed by atoms with Crippen molar-refractivity contribution in [2.45, 2.75) is 44.4 Å². The van der Waals surface area contributed by atoms with Gasteiger partial charge >= 0.3 is 0 Å². The van der Waals surface area contributed by atoms with Crippen LogP contribution in [0.5, 0.6) is 0 Å². The summed E-state index contributed by atoms with van der Waals surface area (Å²) in [6.45, 7) is 7.92.